The summed E-state index contributed by atoms with van der Waals surface area (Å²) in [5.41, 5.74) is -0.0914. The van der Waals surface area contributed by atoms with Crippen LogP contribution in [0.3, 0.4) is 0 Å². The number of Topliss-reactive ketones (excluding diaryl/α,β-unsaturated/α-hetero) is 1. The Bertz CT molecular complexity index is 590. The SMILES string of the molecule is CC(C)(C)C(=O)c1nc(Cl)c2cccnc2n1. The fourth-order valence-electron chi connectivity index (χ4n) is 1.36. The van der Waals surface area contributed by atoms with Crippen molar-refractivity contribution >= 4 is 28.4 Å². The number of aromatic nitrogens is 3. The van der Waals surface area contributed by atoms with Crippen molar-refractivity contribution in [2.75, 3.05) is 0 Å². The Morgan fingerprint density at radius 3 is 2.65 bits per heavy atom. The molecule has 0 bridgehead atoms. The van der Waals surface area contributed by atoms with Crippen LogP contribution >= 0.6 is 11.6 Å². The van der Waals surface area contributed by atoms with E-state index in [-0.39, 0.29) is 16.8 Å². The van der Waals surface area contributed by atoms with Gasteiger partial charge in [-0.2, -0.15) is 0 Å². The average molecular weight is 250 g/mol. The first-order valence-corrected chi connectivity index (χ1v) is 5.60. The molecule has 0 spiro atoms. The second-order valence-electron chi connectivity index (χ2n) is 4.79. The zero-order valence-corrected chi connectivity index (χ0v) is 10.6. The van der Waals surface area contributed by atoms with Crippen LogP contribution in [0.5, 0.6) is 0 Å². The van der Waals surface area contributed by atoms with Crippen molar-refractivity contribution in [1.29, 1.82) is 0 Å². The minimum absolute atomic E-state index is 0.119. The number of hydrogen-bond acceptors (Lipinski definition) is 4. The van der Waals surface area contributed by atoms with Gasteiger partial charge in [0.15, 0.2) is 11.5 Å². The molecule has 0 unspecified atom stereocenters. The molecule has 0 saturated carbocycles. The number of carbonyl (C=O) groups excluding carboxylic acids is 1. The molecule has 17 heavy (non-hydrogen) atoms. The van der Waals surface area contributed by atoms with Crippen molar-refractivity contribution in [1.82, 2.24) is 15.0 Å². The van der Waals surface area contributed by atoms with E-state index in [1.54, 1.807) is 18.3 Å². The molecule has 0 atom stereocenters. The summed E-state index contributed by atoms with van der Waals surface area (Å²) in [5, 5.41) is 0.912. The first-order chi connectivity index (χ1) is 7.89. The molecular weight excluding hydrogens is 238 g/mol. The molecular formula is C12H12ClN3O. The quantitative estimate of drug-likeness (QED) is 0.576. The molecule has 2 aromatic heterocycles. The van der Waals surface area contributed by atoms with Crippen molar-refractivity contribution in [2.24, 2.45) is 5.41 Å². The number of carbonyl (C=O) groups is 1. The van der Waals surface area contributed by atoms with E-state index in [1.807, 2.05) is 20.8 Å². The van der Waals surface area contributed by atoms with Gasteiger partial charge in [-0.1, -0.05) is 32.4 Å². The first-order valence-electron chi connectivity index (χ1n) is 5.22. The first kappa shape index (κ1) is 11.9. The Morgan fingerprint density at radius 2 is 2.00 bits per heavy atom. The fraction of sp³-hybridized carbons (Fsp3) is 0.333. The Labute approximate surface area is 104 Å². The highest BCUT2D eigenvalue weighted by molar-refractivity contribution is 6.34. The van der Waals surface area contributed by atoms with E-state index in [1.165, 1.54) is 0 Å². The largest absolute Gasteiger partial charge is 0.290 e. The molecule has 4 nitrogen and oxygen atoms in total. The van der Waals surface area contributed by atoms with Gasteiger partial charge in [0.25, 0.3) is 0 Å². The van der Waals surface area contributed by atoms with Crippen LogP contribution in [0.4, 0.5) is 0 Å². The van der Waals surface area contributed by atoms with Gasteiger partial charge in [0, 0.05) is 11.6 Å². The lowest BCUT2D eigenvalue weighted by molar-refractivity contribution is 0.0847. The summed E-state index contributed by atoms with van der Waals surface area (Å²) in [7, 11) is 0. The summed E-state index contributed by atoms with van der Waals surface area (Å²) in [5.74, 6) is -0.0272. The fourth-order valence-corrected chi connectivity index (χ4v) is 1.59. The van der Waals surface area contributed by atoms with Crippen LogP contribution in [0.1, 0.15) is 31.4 Å². The zero-order chi connectivity index (χ0) is 12.6. The molecule has 0 N–H and O–H groups in total. The molecule has 5 heteroatoms. The monoisotopic (exact) mass is 249 g/mol. The summed E-state index contributed by atoms with van der Waals surface area (Å²) >= 11 is 6.01. The molecule has 0 aromatic carbocycles. The van der Waals surface area contributed by atoms with Gasteiger partial charge in [-0.05, 0) is 12.1 Å². The molecule has 2 aromatic rings. The predicted molar refractivity (Wildman–Crippen MR) is 66.1 cm³/mol. The molecule has 0 amide bonds. The van der Waals surface area contributed by atoms with Crippen molar-refractivity contribution in [3.05, 3.63) is 29.3 Å². The van der Waals surface area contributed by atoms with E-state index in [2.05, 4.69) is 15.0 Å². The van der Waals surface area contributed by atoms with Gasteiger partial charge in [-0.15, -0.1) is 0 Å². The van der Waals surface area contributed by atoms with Crippen LogP contribution in [0.25, 0.3) is 11.0 Å². The van der Waals surface area contributed by atoms with E-state index >= 15 is 0 Å². The minimum atomic E-state index is -0.536. The second kappa shape index (κ2) is 4.04. The number of halogens is 1. The van der Waals surface area contributed by atoms with Crippen LogP contribution in [-0.2, 0) is 0 Å². The van der Waals surface area contributed by atoms with E-state index in [0.717, 1.165) is 0 Å². The van der Waals surface area contributed by atoms with Crippen LogP contribution in [-0.4, -0.2) is 20.7 Å². The maximum Gasteiger partial charge on any atom is 0.205 e. The minimum Gasteiger partial charge on any atom is -0.290 e. The number of fused-ring (bicyclic) bond motifs is 1. The number of hydrogen-bond donors (Lipinski definition) is 0. The molecule has 0 aliphatic carbocycles. The Kier molecular flexibility index (Phi) is 2.83. The highest BCUT2D eigenvalue weighted by Crippen LogP contribution is 2.23. The number of rotatable bonds is 1. The zero-order valence-electron chi connectivity index (χ0n) is 9.86. The van der Waals surface area contributed by atoms with Crippen molar-refractivity contribution in [3.8, 4) is 0 Å². The molecule has 0 aliphatic heterocycles. The van der Waals surface area contributed by atoms with E-state index < -0.39 is 5.41 Å². The summed E-state index contributed by atoms with van der Waals surface area (Å²) in [6, 6.07) is 3.53. The molecule has 88 valence electrons. The summed E-state index contributed by atoms with van der Waals surface area (Å²) < 4.78 is 0. The van der Waals surface area contributed by atoms with Crippen LogP contribution in [0.2, 0.25) is 5.15 Å². The van der Waals surface area contributed by atoms with Gasteiger partial charge >= 0.3 is 0 Å². The normalized spacial score (nSPS) is 11.8. The van der Waals surface area contributed by atoms with E-state index in [9.17, 15) is 4.79 Å². The summed E-state index contributed by atoms with van der Waals surface area (Å²) in [6.07, 6.45) is 1.61. The molecule has 2 heterocycles. The number of ketones is 1. The Morgan fingerprint density at radius 1 is 1.29 bits per heavy atom. The third kappa shape index (κ3) is 2.26. The van der Waals surface area contributed by atoms with Gasteiger partial charge in [0.1, 0.15) is 5.15 Å². The van der Waals surface area contributed by atoms with Gasteiger partial charge in [0.2, 0.25) is 5.78 Å². The second-order valence-corrected chi connectivity index (χ2v) is 5.15. The van der Waals surface area contributed by atoms with Gasteiger partial charge < -0.3 is 0 Å². The lowest BCUT2D eigenvalue weighted by Gasteiger charge is -2.15. The van der Waals surface area contributed by atoms with Gasteiger partial charge in [0.05, 0.1) is 5.39 Å². The Balaban J connectivity index is 2.62. The average Bonchev–Trinajstić information content (AvgIpc) is 2.27. The lowest BCUT2D eigenvalue weighted by atomic mass is 9.90. The smallest absolute Gasteiger partial charge is 0.205 e. The van der Waals surface area contributed by atoms with Crippen molar-refractivity contribution in [2.45, 2.75) is 20.8 Å². The summed E-state index contributed by atoms with van der Waals surface area (Å²) in [4.78, 5) is 24.3. The third-order valence-corrected chi connectivity index (χ3v) is 2.60. The van der Waals surface area contributed by atoms with Crippen LogP contribution < -0.4 is 0 Å². The predicted octanol–water partition coefficient (Wildman–Crippen LogP) is 2.91. The lowest BCUT2D eigenvalue weighted by Crippen LogP contribution is -2.22. The van der Waals surface area contributed by atoms with E-state index in [0.29, 0.717) is 11.0 Å². The molecule has 0 aliphatic rings. The topological polar surface area (TPSA) is 55.7 Å². The van der Waals surface area contributed by atoms with Crippen molar-refractivity contribution < 1.29 is 4.79 Å². The van der Waals surface area contributed by atoms with E-state index in [4.69, 9.17) is 11.6 Å². The summed E-state index contributed by atoms with van der Waals surface area (Å²) in [6.45, 7) is 5.44. The molecule has 2 rings (SSSR count). The highest BCUT2D eigenvalue weighted by Gasteiger charge is 2.26. The molecule has 0 radical (unpaired) electrons. The van der Waals surface area contributed by atoms with Crippen molar-refractivity contribution in [3.63, 3.8) is 0 Å². The maximum atomic E-state index is 12.1. The van der Waals surface area contributed by atoms with Crippen LogP contribution in [0, 0.1) is 5.41 Å². The van der Waals surface area contributed by atoms with Crippen LogP contribution in [0.15, 0.2) is 18.3 Å². The Hall–Kier alpha value is -1.55. The maximum absolute atomic E-state index is 12.1. The standard InChI is InChI=1S/C12H12ClN3O/c1-12(2,3)8(17)11-15-9(13)7-5-4-6-14-10(7)16-11/h4-6H,1-3H3. The molecule has 0 saturated heterocycles. The number of nitrogens with zero attached hydrogens (tertiary/aromatic N) is 3. The third-order valence-electron chi connectivity index (χ3n) is 2.31. The molecule has 0 fully saturated rings. The number of pyridine rings is 1. The highest BCUT2D eigenvalue weighted by atomic mass is 35.5. The van der Waals surface area contributed by atoms with Gasteiger partial charge in [-0.25, -0.2) is 15.0 Å². The van der Waals surface area contributed by atoms with Gasteiger partial charge in [-0.3, -0.25) is 4.79 Å².